The molecule has 1 aliphatic heterocycles. The number of likely N-dealkylation sites (tertiary alicyclic amines) is 1. The van der Waals surface area contributed by atoms with Gasteiger partial charge in [-0.05, 0) is 37.6 Å². The van der Waals surface area contributed by atoms with E-state index in [-0.39, 0.29) is 11.8 Å². The summed E-state index contributed by atoms with van der Waals surface area (Å²) in [6, 6.07) is 6.85. The average Bonchev–Trinajstić information content (AvgIpc) is 2.82. The third kappa shape index (κ3) is 2.54. The molecule has 5 nitrogen and oxygen atoms in total. The summed E-state index contributed by atoms with van der Waals surface area (Å²) < 4.78 is 0. The lowest BCUT2D eigenvalue weighted by Gasteiger charge is -2.22. The largest absolute Gasteiger partial charge is 0.399 e. The SMILES string of the molecule is CNC(=O)C1(C)CCN(C(=O)c2ccc(N)cc2)C1. The van der Waals surface area contributed by atoms with Crippen LogP contribution < -0.4 is 11.1 Å². The quantitative estimate of drug-likeness (QED) is 0.776. The number of nitrogens with two attached hydrogens (primary N) is 1. The van der Waals surface area contributed by atoms with Gasteiger partial charge in [-0.3, -0.25) is 9.59 Å². The fourth-order valence-electron chi connectivity index (χ4n) is 2.43. The highest BCUT2D eigenvalue weighted by Crippen LogP contribution is 2.31. The van der Waals surface area contributed by atoms with Crippen LogP contribution in [0.15, 0.2) is 24.3 Å². The Hall–Kier alpha value is -2.04. The van der Waals surface area contributed by atoms with Crippen LogP contribution in [-0.4, -0.2) is 36.9 Å². The van der Waals surface area contributed by atoms with Gasteiger partial charge in [0.1, 0.15) is 0 Å². The lowest BCUT2D eigenvalue weighted by Crippen LogP contribution is -2.40. The van der Waals surface area contributed by atoms with E-state index in [1.54, 1.807) is 36.2 Å². The monoisotopic (exact) mass is 261 g/mol. The lowest BCUT2D eigenvalue weighted by molar-refractivity contribution is -0.128. The highest BCUT2D eigenvalue weighted by atomic mass is 16.2. The molecule has 0 bridgehead atoms. The molecule has 1 aliphatic rings. The van der Waals surface area contributed by atoms with Crippen LogP contribution >= 0.6 is 0 Å². The van der Waals surface area contributed by atoms with Crippen molar-refractivity contribution in [3.8, 4) is 0 Å². The van der Waals surface area contributed by atoms with Gasteiger partial charge in [-0.2, -0.15) is 0 Å². The predicted octanol–water partition coefficient (Wildman–Crippen LogP) is 0.867. The van der Waals surface area contributed by atoms with Crippen molar-refractivity contribution in [1.29, 1.82) is 0 Å². The van der Waals surface area contributed by atoms with Crippen LogP contribution in [0.3, 0.4) is 0 Å². The van der Waals surface area contributed by atoms with Crippen molar-refractivity contribution in [1.82, 2.24) is 10.2 Å². The van der Waals surface area contributed by atoms with Crippen LogP contribution in [0.1, 0.15) is 23.7 Å². The van der Waals surface area contributed by atoms with E-state index in [4.69, 9.17) is 5.73 Å². The topological polar surface area (TPSA) is 75.4 Å². The maximum Gasteiger partial charge on any atom is 0.253 e. The van der Waals surface area contributed by atoms with E-state index < -0.39 is 5.41 Å². The Labute approximate surface area is 112 Å². The number of carbonyl (C=O) groups excluding carboxylic acids is 2. The van der Waals surface area contributed by atoms with E-state index in [0.29, 0.717) is 30.8 Å². The van der Waals surface area contributed by atoms with Crippen molar-refractivity contribution in [2.75, 3.05) is 25.9 Å². The Bertz CT molecular complexity index is 498. The molecular formula is C14H19N3O2. The summed E-state index contributed by atoms with van der Waals surface area (Å²) in [6.07, 6.45) is 0.688. The van der Waals surface area contributed by atoms with Gasteiger partial charge in [0.25, 0.3) is 5.91 Å². The second-order valence-electron chi connectivity index (χ2n) is 5.24. The molecule has 0 saturated carbocycles. The number of anilines is 1. The summed E-state index contributed by atoms with van der Waals surface area (Å²) >= 11 is 0. The molecule has 19 heavy (non-hydrogen) atoms. The molecule has 2 rings (SSSR count). The summed E-state index contributed by atoms with van der Waals surface area (Å²) in [6.45, 7) is 2.95. The Balaban J connectivity index is 2.11. The molecule has 0 spiro atoms. The molecule has 1 unspecified atom stereocenters. The van der Waals surface area contributed by atoms with Crippen LogP contribution in [0.2, 0.25) is 0 Å². The fourth-order valence-corrected chi connectivity index (χ4v) is 2.43. The van der Waals surface area contributed by atoms with Crippen molar-refractivity contribution in [2.45, 2.75) is 13.3 Å². The summed E-state index contributed by atoms with van der Waals surface area (Å²) in [4.78, 5) is 25.9. The number of amides is 2. The number of hydrogen-bond acceptors (Lipinski definition) is 3. The lowest BCUT2D eigenvalue weighted by atomic mass is 9.89. The first-order valence-corrected chi connectivity index (χ1v) is 6.33. The minimum Gasteiger partial charge on any atom is -0.399 e. The summed E-state index contributed by atoms with van der Waals surface area (Å²) in [7, 11) is 1.62. The molecular weight excluding hydrogens is 242 g/mol. The smallest absolute Gasteiger partial charge is 0.253 e. The molecule has 1 fully saturated rings. The number of benzene rings is 1. The molecule has 0 radical (unpaired) electrons. The van der Waals surface area contributed by atoms with Crippen LogP contribution in [0.5, 0.6) is 0 Å². The minimum absolute atomic E-state index is 0.0138. The second-order valence-corrected chi connectivity index (χ2v) is 5.24. The average molecular weight is 261 g/mol. The third-order valence-electron chi connectivity index (χ3n) is 3.69. The Morgan fingerprint density at radius 1 is 1.32 bits per heavy atom. The summed E-state index contributed by atoms with van der Waals surface area (Å²) in [5.74, 6) is -0.0623. The minimum atomic E-state index is -0.488. The van der Waals surface area contributed by atoms with Gasteiger partial charge in [-0.1, -0.05) is 0 Å². The van der Waals surface area contributed by atoms with Crippen LogP contribution in [0.4, 0.5) is 5.69 Å². The molecule has 1 saturated heterocycles. The van der Waals surface area contributed by atoms with Gasteiger partial charge in [-0.25, -0.2) is 0 Å². The zero-order chi connectivity index (χ0) is 14.0. The van der Waals surface area contributed by atoms with Crippen molar-refractivity contribution < 1.29 is 9.59 Å². The van der Waals surface area contributed by atoms with Crippen molar-refractivity contribution in [3.05, 3.63) is 29.8 Å². The van der Waals surface area contributed by atoms with Gasteiger partial charge in [0, 0.05) is 31.4 Å². The van der Waals surface area contributed by atoms with Gasteiger partial charge < -0.3 is 16.0 Å². The molecule has 1 heterocycles. The molecule has 0 aliphatic carbocycles. The number of rotatable bonds is 2. The zero-order valence-corrected chi connectivity index (χ0v) is 11.3. The first kappa shape index (κ1) is 13.4. The van der Waals surface area contributed by atoms with E-state index in [1.807, 2.05) is 6.92 Å². The first-order chi connectivity index (χ1) is 8.96. The molecule has 3 N–H and O–H groups in total. The molecule has 2 amide bonds. The predicted molar refractivity (Wildman–Crippen MR) is 73.5 cm³/mol. The van der Waals surface area contributed by atoms with Gasteiger partial charge >= 0.3 is 0 Å². The van der Waals surface area contributed by atoms with Gasteiger partial charge in [0.05, 0.1) is 5.41 Å². The molecule has 0 aromatic heterocycles. The third-order valence-corrected chi connectivity index (χ3v) is 3.69. The van der Waals surface area contributed by atoms with Crippen molar-refractivity contribution in [2.24, 2.45) is 5.41 Å². The Kier molecular flexibility index (Phi) is 3.46. The highest BCUT2D eigenvalue weighted by molar-refractivity contribution is 5.95. The van der Waals surface area contributed by atoms with Gasteiger partial charge in [0.2, 0.25) is 5.91 Å². The standard InChI is InChI=1S/C14H19N3O2/c1-14(13(19)16-2)7-8-17(9-14)12(18)10-3-5-11(15)6-4-10/h3-6H,7-9,15H2,1-2H3,(H,16,19). The molecule has 1 atom stereocenters. The Morgan fingerprint density at radius 2 is 1.95 bits per heavy atom. The maximum absolute atomic E-state index is 12.3. The van der Waals surface area contributed by atoms with Crippen LogP contribution in [0, 0.1) is 5.41 Å². The van der Waals surface area contributed by atoms with E-state index in [9.17, 15) is 9.59 Å². The molecule has 1 aromatic rings. The van der Waals surface area contributed by atoms with Gasteiger partial charge in [-0.15, -0.1) is 0 Å². The molecule has 5 heteroatoms. The van der Waals surface area contributed by atoms with Crippen molar-refractivity contribution in [3.63, 3.8) is 0 Å². The zero-order valence-electron chi connectivity index (χ0n) is 11.3. The number of nitrogens with one attached hydrogen (secondary N) is 1. The first-order valence-electron chi connectivity index (χ1n) is 6.33. The van der Waals surface area contributed by atoms with E-state index in [1.165, 1.54) is 0 Å². The van der Waals surface area contributed by atoms with E-state index in [2.05, 4.69) is 5.32 Å². The fraction of sp³-hybridized carbons (Fsp3) is 0.429. The van der Waals surface area contributed by atoms with E-state index >= 15 is 0 Å². The number of nitrogen functional groups attached to an aromatic ring is 1. The molecule has 1 aromatic carbocycles. The molecule has 102 valence electrons. The number of nitrogens with zero attached hydrogens (tertiary/aromatic N) is 1. The summed E-state index contributed by atoms with van der Waals surface area (Å²) in [5, 5.41) is 2.66. The van der Waals surface area contributed by atoms with Crippen LogP contribution in [-0.2, 0) is 4.79 Å². The highest BCUT2D eigenvalue weighted by Gasteiger charge is 2.41. The Morgan fingerprint density at radius 3 is 2.53 bits per heavy atom. The summed E-state index contributed by atoms with van der Waals surface area (Å²) in [5.41, 5.74) is 6.35. The second kappa shape index (κ2) is 4.91. The normalized spacial score (nSPS) is 22.3. The number of hydrogen-bond donors (Lipinski definition) is 2. The maximum atomic E-state index is 12.3. The van der Waals surface area contributed by atoms with Gasteiger partial charge in [0.15, 0.2) is 0 Å². The van der Waals surface area contributed by atoms with Crippen molar-refractivity contribution >= 4 is 17.5 Å². The van der Waals surface area contributed by atoms with Crippen LogP contribution in [0.25, 0.3) is 0 Å². The van der Waals surface area contributed by atoms with E-state index in [0.717, 1.165) is 0 Å². The number of carbonyl (C=O) groups is 2.